The second-order valence-corrected chi connectivity index (χ2v) is 4.73. The molecule has 1 aromatic rings. The molecule has 0 aliphatic carbocycles. The van der Waals surface area contributed by atoms with Gasteiger partial charge in [0.1, 0.15) is 0 Å². The van der Waals surface area contributed by atoms with Crippen LogP contribution in [0.15, 0.2) is 12.1 Å². The van der Waals surface area contributed by atoms with Crippen molar-refractivity contribution in [1.29, 1.82) is 0 Å². The summed E-state index contributed by atoms with van der Waals surface area (Å²) in [6, 6.07) is 3.23. The molecule has 1 rings (SSSR count). The zero-order valence-electron chi connectivity index (χ0n) is 10.2. The third-order valence-corrected chi connectivity index (χ3v) is 2.34. The van der Waals surface area contributed by atoms with Crippen LogP contribution >= 0.6 is 0 Å². The van der Waals surface area contributed by atoms with Crippen molar-refractivity contribution < 1.29 is 15.0 Å². The molecule has 0 radical (unpaired) electrons. The molecule has 0 saturated heterocycles. The minimum absolute atomic E-state index is 0.0724. The van der Waals surface area contributed by atoms with Gasteiger partial charge in [0.25, 0.3) is 0 Å². The van der Waals surface area contributed by atoms with Crippen molar-refractivity contribution in [2.45, 2.75) is 26.4 Å². The van der Waals surface area contributed by atoms with Crippen molar-refractivity contribution in [1.82, 2.24) is 0 Å². The molecule has 5 N–H and O–H groups in total. The number of hydrogen-bond donors (Lipinski definition) is 4. The molecule has 0 aromatic heterocycles. The maximum absolute atomic E-state index is 11.0. The number of rotatable bonds is 4. The molecule has 5 nitrogen and oxygen atoms in total. The van der Waals surface area contributed by atoms with Gasteiger partial charge in [0, 0.05) is 17.9 Å². The van der Waals surface area contributed by atoms with Crippen LogP contribution in [0.5, 0.6) is 0 Å². The number of aromatic carboxylic acids is 1. The van der Waals surface area contributed by atoms with Crippen LogP contribution in [-0.2, 0) is 0 Å². The summed E-state index contributed by atoms with van der Waals surface area (Å²) in [7, 11) is 0. The number of benzene rings is 1. The first-order valence-corrected chi connectivity index (χ1v) is 5.30. The first kappa shape index (κ1) is 13.3. The highest BCUT2D eigenvalue weighted by molar-refractivity contribution is 5.95. The molecule has 0 unspecified atom stereocenters. The van der Waals surface area contributed by atoms with E-state index in [9.17, 15) is 9.90 Å². The quantitative estimate of drug-likeness (QED) is 0.595. The van der Waals surface area contributed by atoms with Gasteiger partial charge in [0.2, 0.25) is 0 Å². The van der Waals surface area contributed by atoms with E-state index in [0.29, 0.717) is 17.8 Å². The number of carboxylic acid groups (broad SMARTS) is 1. The van der Waals surface area contributed by atoms with E-state index in [0.717, 1.165) is 0 Å². The first-order chi connectivity index (χ1) is 7.70. The molecular weight excluding hydrogens is 220 g/mol. The molecule has 0 bridgehead atoms. The Morgan fingerprint density at radius 3 is 2.53 bits per heavy atom. The summed E-state index contributed by atoms with van der Waals surface area (Å²) >= 11 is 0. The number of carbonyl (C=O) groups is 1. The number of carboxylic acids is 1. The van der Waals surface area contributed by atoms with Crippen LogP contribution in [0, 0.1) is 6.92 Å². The molecule has 0 saturated carbocycles. The number of nitrogens with one attached hydrogen (secondary N) is 1. The van der Waals surface area contributed by atoms with Crippen LogP contribution in [-0.4, -0.2) is 28.3 Å². The van der Waals surface area contributed by atoms with Crippen molar-refractivity contribution >= 4 is 17.3 Å². The molecule has 17 heavy (non-hydrogen) atoms. The summed E-state index contributed by atoms with van der Waals surface area (Å²) in [6.07, 6.45) is 0. The minimum atomic E-state index is -1.06. The van der Waals surface area contributed by atoms with E-state index in [2.05, 4.69) is 5.32 Å². The van der Waals surface area contributed by atoms with E-state index >= 15 is 0 Å². The molecule has 0 aliphatic rings. The van der Waals surface area contributed by atoms with Crippen molar-refractivity contribution in [3.8, 4) is 0 Å². The van der Waals surface area contributed by atoms with Gasteiger partial charge in [0.15, 0.2) is 0 Å². The zero-order chi connectivity index (χ0) is 13.2. The number of nitrogens with two attached hydrogens (primary N) is 1. The van der Waals surface area contributed by atoms with E-state index < -0.39 is 11.6 Å². The average molecular weight is 238 g/mol. The Balaban J connectivity index is 2.99. The third kappa shape index (κ3) is 3.64. The molecule has 0 aliphatic heterocycles. The number of aliphatic hydroxyl groups is 1. The van der Waals surface area contributed by atoms with Crippen LogP contribution in [0.4, 0.5) is 11.4 Å². The Hall–Kier alpha value is -1.75. The molecule has 94 valence electrons. The molecule has 0 heterocycles. The number of nitrogen functional groups attached to an aromatic ring is 1. The SMILES string of the molecule is Cc1cc(NCC(C)(C)O)cc(C(=O)O)c1N. The summed E-state index contributed by atoms with van der Waals surface area (Å²) in [5, 5.41) is 21.5. The van der Waals surface area contributed by atoms with Crippen LogP contribution in [0.2, 0.25) is 0 Å². The van der Waals surface area contributed by atoms with Gasteiger partial charge in [-0.05, 0) is 38.5 Å². The van der Waals surface area contributed by atoms with Crippen LogP contribution in [0.3, 0.4) is 0 Å². The van der Waals surface area contributed by atoms with Gasteiger partial charge < -0.3 is 21.3 Å². The van der Waals surface area contributed by atoms with Crippen LogP contribution < -0.4 is 11.1 Å². The molecule has 0 spiro atoms. The molecule has 0 fully saturated rings. The number of anilines is 2. The second-order valence-electron chi connectivity index (χ2n) is 4.73. The van der Waals surface area contributed by atoms with E-state index in [1.165, 1.54) is 6.07 Å². The highest BCUT2D eigenvalue weighted by atomic mass is 16.4. The zero-order valence-corrected chi connectivity index (χ0v) is 10.2. The van der Waals surface area contributed by atoms with E-state index in [4.69, 9.17) is 10.8 Å². The average Bonchev–Trinajstić information content (AvgIpc) is 2.18. The van der Waals surface area contributed by atoms with Crippen molar-refractivity contribution in [2.75, 3.05) is 17.6 Å². The smallest absolute Gasteiger partial charge is 0.337 e. The largest absolute Gasteiger partial charge is 0.478 e. The second kappa shape index (κ2) is 4.63. The van der Waals surface area contributed by atoms with Gasteiger partial charge in [0.05, 0.1) is 11.2 Å². The fourth-order valence-electron chi connectivity index (χ4n) is 1.40. The van der Waals surface area contributed by atoms with Gasteiger partial charge in [-0.1, -0.05) is 0 Å². The lowest BCUT2D eigenvalue weighted by Crippen LogP contribution is -2.29. The number of aryl methyl sites for hydroxylation is 1. The Morgan fingerprint density at radius 1 is 1.47 bits per heavy atom. The van der Waals surface area contributed by atoms with Gasteiger partial charge in [-0.25, -0.2) is 4.79 Å². The topological polar surface area (TPSA) is 95.6 Å². The lowest BCUT2D eigenvalue weighted by molar-refractivity contribution is 0.0698. The summed E-state index contributed by atoms with van der Waals surface area (Å²) in [5.41, 5.74) is 6.49. The van der Waals surface area contributed by atoms with Crippen molar-refractivity contribution in [2.24, 2.45) is 0 Å². The summed E-state index contributed by atoms with van der Waals surface area (Å²) < 4.78 is 0. The Kier molecular flexibility index (Phi) is 3.63. The summed E-state index contributed by atoms with van der Waals surface area (Å²) in [5.74, 6) is -1.06. The van der Waals surface area contributed by atoms with E-state index in [1.54, 1.807) is 26.8 Å². The monoisotopic (exact) mass is 238 g/mol. The summed E-state index contributed by atoms with van der Waals surface area (Å²) in [4.78, 5) is 11.0. The number of hydrogen-bond acceptors (Lipinski definition) is 4. The highest BCUT2D eigenvalue weighted by Crippen LogP contribution is 2.23. The minimum Gasteiger partial charge on any atom is -0.478 e. The molecule has 0 amide bonds. The first-order valence-electron chi connectivity index (χ1n) is 5.30. The highest BCUT2D eigenvalue weighted by Gasteiger charge is 2.14. The molecule has 5 heteroatoms. The van der Waals surface area contributed by atoms with Crippen LogP contribution in [0.25, 0.3) is 0 Å². The molecule has 1 aromatic carbocycles. The molecule has 0 atom stereocenters. The summed E-state index contributed by atoms with van der Waals surface area (Å²) in [6.45, 7) is 5.41. The van der Waals surface area contributed by atoms with Gasteiger partial charge in [-0.15, -0.1) is 0 Å². The van der Waals surface area contributed by atoms with Gasteiger partial charge in [-0.3, -0.25) is 0 Å². The van der Waals surface area contributed by atoms with E-state index in [-0.39, 0.29) is 11.3 Å². The van der Waals surface area contributed by atoms with Crippen molar-refractivity contribution in [3.63, 3.8) is 0 Å². The maximum Gasteiger partial charge on any atom is 0.337 e. The van der Waals surface area contributed by atoms with Crippen LogP contribution in [0.1, 0.15) is 29.8 Å². The lowest BCUT2D eigenvalue weighted by Gasteiger charge is -2.19. The fraction of sp³-hybridized carbons (Fsp3) is 0.417. The molecular formula is C12H18N2O3. The normalized spacial score (nSPS) is 11.3. The predicted molar refractivity (Wildman–Crippen MR) is 67.3 cm³/mol. The Morgan fingerprint density at radius 2 is 2.06 bits per heavy atom. The van der Waals surface area contributed by atoms with E-state index in [1.807, 2.05) is 0 Å². The fourth-order valence-corrected chi connectivity index (χ4v) is 1.40. The van der Waals surface area contributed by atoms with Crippen molar-refractivity contribution in [3.05, 3.63) is 23.3 Å². The predicted octanol–water partition coefficient (Wildman–Crippen LogP) is 1.46. The third-order valence-electron chi connectivity index (χ3n) is 2.34. The Labute approximate surface area is 100 Å². The standard InChI is InChI=1S/C12H18N2O3/c1-7-4-8(14-6-12(2,3)17)5-9(10(7)13)11(15)16/h4-5,14,17H,6,13H2,1-3H3,(H,15,16). The Bertz CT molecular complexity index is 436. The van der Waals surface area contributed by atoms with Gasteiger partial charge in [-0.2, -0.15) is 0 Å². The van der Waals surface area contributed by atoms with Gasteiger partial charge >= 0.3 is 5.97 Å². The lowest BCUT2D eigenvalue weighted by atomic mass is 10.1. The maximum atomic E-state index is 11.0.